The zero-order valence-corrected chi connectivity index (χ0v) is 12.9. The summed E-state index contributed by atoms with van der Waals surface area (Å²) in [5, 5.41) is 17.6. The van der Waals surface area contributed by atoms with Crippen molar-refractivity contribution in [2.75, 3.05) is 11.9 Å². The van der Waals surface area contributed by atoms with Gasteiger partial charge in [0, 0.05) is 13.7 Å². The minimum absolute atomic E-state index is 0.0425. The molecule has 0 saturated carbocycles. The lowest BCUT2D eigenvalue weighted by molar-refractivity contribution is 0.273. The van der Waals surface area contributed by atoms with Gasteiger partial charge < -0.3 is 14.8 Å². The van der Waals surface area contributed by atoms with Crippen LogP contribution in [0, 0.1) is 0 Å². The maximum Gasteiger partial charge on any atom is 0.164 e. The highest BCUT2D eigenvalue weighted by Crippen LogP contribution is 2.30. The van der Waals surface area contributed by atoms with Crippen LogP contribution in [0.2, 0.25) is 0 Å². The van der Waals surface area contributed by atoms with Crippen LogP contribution in [0.5, 0.6) is 0 Å². The molecule has 110 valence electrons. The molecular formula is C13H14BrN5O2. The molecule has 1 atom stereocenters. The lowest BCUT2D eigenvalue weighted by Gasteiger charge is -2.16. The number of anilines is 1. The Morgan fingerprint density at radius 2 is 2.33 bits per heavy atom. The molecule has 0 aromatic carbocycles. The molecule has 0 aliphatic heterocycles. The highest BCUT2D eigenvalue weighted by atomic mass is 79.9. The number of aryl methyl sites for hydroxylation is 1. The molecular weight excluding hydrogens is 338 g/mol. The third-order valence-corrected chi connectivity index (χ3v) is 3.75. The van der Waals surface area contributed by atoms with Crippen LogP contribution < -0.4 is 5.32 Å². The lowest BCUT2D eigenvalue weighted by atomic mass is 10.1. The van der Waals surface area contributed by atoms with Gasteiger partial charge in [0.2, 0.25) is 0 Å². The highest BCUT2D eigenvalue weighted by molar-refractivity contribution is 9.10. The maximum atomic E-state index is 9.25. The third kappa shape index (κ3) is 2.64. The van der Waals surface area contributed by atoms with E-state index in [-0.39, 0.29) is 12.6 Å². The number of nitrogens with one attached hydrogen (secondary N) is 1. The average molecular weight is 352 g/mol. The molecule has 0 aliphatic carbocycles. The quantitative estimate of drug-likeness (QED) is 0.732. The Labute approximate surface area is 129 Å². The molecule has 0 bridgehead atoms. The highest BCUT2D eigenvalue weighted by Gasteiger charge is 2.19. The number of hydrogen-bond acceptors (Lipinski definition) is 6. The van der Waals surface area contributed by atoms with Gasteiger partial charge in [0.25, 0.3) is 0 Å². The van der Waals surface area contributed by atoms with Gasteiger partial charge in [0.05, 0.1) is 17.7 Å². The largest absolute Gasteiger partial charge is 0.467 e. The molecule has 8 heteroatoms. The molecule has 0 amide bonds. The van der Waals surface area contributed by atoms with E-state index >= 15 is 0 Å². The van der Waals surface area contributed by atoms with Crippen molar-refractivity contribution in [1.29, 1.82) is 0 Å². The van der Waals surface area contributed by atoms with Gasteiger partial charge >= 0.3 is 0 Å². The standard InChI is InChI=1S/C13H14BrN5O2/c1-19-13-10(11(14)18-19)12(15-7-16-13)17-8(4-5-20)9-3-2-6-21-9/h2-3,6-8,20H,4-5H2,1H3,(H,15,16,17). The van der Waals surface area contributed by atoms with E-state index in [1.807, 2.05) is 19.2 Å². The van der Waals surface area contributed by atoms with Crippen LogP contribution in [0.15, 0.2) is 33.7 Å². The molecule has 0 fully saturated rings. The Bertz CT molecular complexity index is 740. The second-order valence-corrected chi connectivity index (χ2v) is 5.31. The summed E-state index contributed by atoms with van der Waals surface area (Å²) in [6.07, 6.45) is 3.60. The summed E-state index contributed by atoms with van der Waals surface area (Å²) in [5.74, 6) is 1.39. The molecule has 0 radical (unpaired) electrons. The second kappa shape index (κ2) is 5.82. The van der Waals surface area contributed by atoms with Crippen LogP contribution in [0.4, 0.5) is 5.82 Å². The zero-order chi connectivity index (χ0) is 14.8. The van der Waals surface area contributed by atoms with Gasteiger partial charge in [-0.25, -0.2) is 14.6 Å². The number of hydrogen-bond donors (Lipinski definition) is 2. The number of halogens is 1. The number of nitrogens with zero attached hydrogens (tertiary/aromatic N) is 4. The van der Waals surface area contributed by atoms with Gasteiger partial charge in [0.15, 0.2) is 5.65 Å². The van der Waals surface area contributed by atoms with Crippen LogP contribution >= 0.6 is 15.9 Å². The van der Waals surface area contributed by atoms with Crippen molar-refractivity contribution in [3.63, 3.8) is 0 Å². The van der Waals surface area contributed by atoms with Gasteiger partial charge in [-0.15, -0.1) is 0 Å². The van der Waals surface area contributed by atoms with E-state index in [1.54, 1.807) is 10.9 Å². The number of rotatable bonds is 5. The normalized spacial score (nSPS) is 12.7. The minimum atomic E-state index is -0.171. The summed E-state index contributed by atoms with van der Waals surface area (Å²) in [5.41, 5.74) is 0.724. The van der Waals surface area contributed by atoms with Crippen molar-refractivity contribution in [3.05, 3.63) is 35.1 Å². The smallest absolute Gasteiger partial charge is 0.164 e. The van der Waals surface area contributed by atoms with E-state index in [1.165, 1.54) is 6.33 Å². The van der Waals surface area contributed by atoms with Gasteiger partial charge in [-0.2, -0.15) is 5.10 Å². The van der Waals surface area contributed by atoms with Gasteiger partial charge in [-0.05, 0) is 34.5 Å². The molecule has 0 aliphatic rings. The fourth-order valence-corrected chi connectivity index (χ4v) is 2.82. The first kappa shape index (κ1) is 14.0. The fraction of sp³-hybridized carbons (Fsp3) is 0.308. The van der Waals surface area contributed by atoms with Crippen molar-refractivity contribution in [1.82, 2.24) is 19.7 Å². The van der Waals surface area contributed by atoms with Gasteiger partial charge in [-0.1, -0.05) is 0 Å². The average Bonchev–Trinajstić information content (AvgIpc) is 3.08. The number of furan rings is 1. The number of aromatic nitrogens is 4. The molecule has 3 rings (SSSR count). The van der Waals surface area contributed by atoms with E-state index in [2.05, 4.69) is 36.3 Å². The number of aliphatic hydroxyl groups is 1. The van der Waals surface area contributed by atoms with Crippen LogP contribution in [-0.4, -0.2) is 31.5 Å². The molecule has 3 heterocycles. The monoisotopic (exact) mass is 351 g/mol. The molecule has 0 spiro atoms. The first-order chi connectivity index (χ1) is 10.2. The Morgan fingerprint density at radius 1 is 1.48 bits per heavy atom. The molecule has 7 nitrogen and oxygen atoms in total. The Balaban J connectivity index is 2.00. The molecule has 21 heavy (non-hydrogen) atoms. The molecule has 3 aromatic rings. The van der Waals surface area contributed by atoms with E-state index in [0.29, 0.717) is 16.8 Å². The summed E-state index contributed by atoms with van der Waals surface area (Å²) >= 11 is 3.42. The summed E-state index contributed by atoms with van der Waals surface area (Å²) < 4.78 is 7.77. The Hall–Kier alpha value is -1.93. The predicted octanol–water partition coefficient (Wildman–Crippen LogP) is 2.25. The zero-order valence-electron chi connectivity index (χ0n) is 11.3. The molecule has 3 aromatic heterocycles. The maximum absolute atomic E-state index is 9.25. The Kier molecular flexibility index (Phi) is 3.89. The Morgan fingerprint density at radius 3 is 3.05 bits per heavy atom. The van der Waals surface area contributed by atoms with Crippen LogP contribution in [-0.2, 0) is 7.05 Å². The lowest BCUT2D eigenvalue weighted by Crippen LogP contribution is -2.13. The summed E-state index contributed by atoms with van der Waals surface area (Å²) in [6, 6.07) is 3.51. The van der Waals surface area contributed by atoms with E-state index in [0.717, 1.165) is 16.8 Å². The fourth-order valence-electron chi connectivity index (χ4n) is 2.22. The van der Waals surface area contributed by atoms with Crippen molar-refractivity contribution in [2.24, 2.45) is 7.05 Å². The molecule has 2 N–H and O–H groups in total. The van der Waals surface area contributed by atoms with E-state index < -0.39 is 0 Å². The van der Waals surface area contributed by atoms with Crippen molar-refractivity contribution < 1.29 is 9.52 Å². The van der Waals surface area contributed by atoms with Crippen LogP contribution in [0.25, 0.3) is 11.0 Å². The van der Waals surface area contributed by atoms with Gasteiger partial charge in [0.1, 0.15) is 22.5 Å². The SMILES string of the molecule is Cn1nc(Br)c2c(NC(CCO)c3ccco3)ncnc21. The summed E-state index contributed by atoms with van der Waals surface area (Å²) in [7, 11) is 1.82. The summed E-state index contributed by atoms with van der Waals surface area (Å²) in [6.45, 7) is 0.0425. The van der Waals surface area contributed by atoms with E-state index in [4.69, 9.17) is 4.42 Å². The summed E-state index contributed by atoms with van der Waals surface area (Å²) in [4.78, 5) is 8.51. The topological polar surface area (TPSA) is 89.0 Å². The third-order valence-electron chi connectivity index (χ3n) is 3.19. The predicted molar refractivity (Wildman–Crippen MR) is 80.8 cm³/mol. The minimum Gasteiger partial charge on any atom is -0.467 e. The van der Waals surface area contributed by atoms with Gasteiger partial charge in [-0.3, -0.25) is 0 Å². The first-order valence-electron chi connectivity index (χ1n) is 6.44. The molecule has 1 unspecified atom stereocenters. The van der Waals surface area contributed by atoms with E-state index in [9.17, 15) is 5.11 Å². The van der Waals surface area contributed by atoms with Crippen LogP contribution in [0.3, 0.4) is 0 Å². The second-order valence-electron chi connectivity index (χ2n) is 4.56. The number of aliphatic hydroxyl groups excluding tert-OH is 1. The van der Waals surface area contributed by atoms with Crippen LogP contribution in [0.1, 0.15) is 18.2 Å². The van der Waals surface area contributed by atoms with Crippen molar-refractivity contribution >= 4 is 32.8 Å². The first-order valence-corrected chi connectivity index (χ1v) is 7.24. The van der Waals surface area contributed by atoms with Crippen molar-refractivity contribution in [2.45, 2.75) is 12.5 Å². The van der Waals surface area contributed by atoms with Crippen molar-refractivity contribution in [3.8, 4) is 0 Å². The number of fused-ring (bicyclic) bond motifs is 1. The molecule has 0 saturated heterocycles.